The fraction of sp³-hybridized carbons (Fsp3) is 0.182. The number of hydrogen-bond donors (Lipinski definition) is 0. The van der Waals surface area contributed by atoms with Crippen molar-refractivity contribution in [3.63, 3.8) is 0 Å². The summed E-state index contributed by atoms with van der Waals surface area (Å²) in [7, 11) is 0. The van der Waals surface area contributed by atoms with Crippen LogP contribution < -0.4 is 5.56 Å². The number of benzene rings is 2. The van der Waals surface area contributed by atoms with E-state index in [1.54, 1.807) is 25.1 Å². The molecule has 3 rings (SSSR count). The Morgan fingerprint density at radius 3 is 2.10 bits per heavy atom. The van der Waals surface area contributed by atoms with Gasteiger partial charge in [-0.05, 0) is 42.3 Å². The molecule has 0 unspecified atom stereocenters. The Balaban J connectivity index is 2.23. The minimum Gasteiger partial charge on any atom is -0.313 e. The van der Waals surface area contributed by atoms with Crippen LogP contribution >= 0.6 is 0 Å². The second kappa shape index (κ2) is 7.95. The molecule has 0 N–H and O–H groups in total. The van der Waals surface area contributed by atoms with Crippen LogP contribution in [0, 0.1) is 13.5 Å². The van der Waals surface area contributed by atoms with Crippen molar-refractivity contribution in [2.45, 2.75) is 25.8 Å². The third-order valence-electron chi connectivity index (χ3n) is 4.63. The van der Waals surface area contributed by atoms with E-state index in [0.717, 1.165) is 40.5 Å². The van der Waals surface area contributed by atoms with Crippen molar-refractivity contribution in [1.29, 1.82) is 0 Å². The molecule has 9 heteroatoms. The van der Waals surface area contributed by atoms with Crippen molar-refractivity contribution in [1.82, 2.24) is 4.57 Å². The summed E-state index contributed by atoms with van der Waals surface area (Å²) in [6.45, 7) is 8.49. The maximum Gasteiger partial charge on any atom is 0.416 e. The van der Waals surface area contributed by atoms with Crippen LogP contribution in [0.5, 0.6) is 0 Å². The number of aryl methyl sites for hydroxylation is 1. The van der Waals surface area contributed by atoms with E-state index in [4.69, 9.17) is 6.57 Å². The third kappa shape index (κ3) is 4.63. The number of hydrogen-bond acceptors (Lipinski definition) is 1. The molecule has 160 valence electrons. The Bertz CT molecular complexity index is 1220. The highest BCUT2D eigenvalue weighted by atomic mass is 19.4. The van der Waals surface area contributed by atoms with Gasteiger partial charge in [0, 0.05) is 12.2 Å². The number of pyridine rings is 1. The zero-order valence-corrected chi connectivity index (χ0v) is 16.0. The van der Waals surface area contributed by atoms with Gasteiger partial charge in [0.25, 0.3) is 11.2 Å². The first-order valence-corrected chi connectivity index (χ1v) is 8.87. The molecule has 0 amide bonds. The predicted octanol–water partition coefficient (Wildman–Crippen LogP) is 6.46. The molecule has 0 aliphatic heterocycles. The Labute approximate surface area is 173 Å². The number of halogens is 6. The molecule has 31 heavy (non-hydrogen) atoms. The second-order valence-electron chi connectivity index (χ2n) is 6.86. The first-order chi connectivity index (χ1) is 14.4. The molecule has 1 heterocycles. The summed E-state index contributed by atoms with van der Waals surface area (Å²) in [6, 6.07) is 11.1. The second-order valence-corrected chi connectivity index (χ2v) is 6.86. The molecule has 3 nitrogen and oxygen atoms in total. The van der Waals surface area contributed by atoms with Gasteiger partial charge in [-0.1, -0.05) is 35.9 Å². The summed E-state index contributed by atoms with van der Waals surface area (Å²) >= 11 is 0. The first kappa shape index (κ1) is 22.2. The van der Waals surface area contributed by atoms with Gasteiger partial charge in [0.15, 0.2) is 0 Å². The van der Waals surface area contributed by atoms with E-state index >= 15 is 0 Å². The number of aromatic nitrogens is 1. The average molecular weight is 436 g/mol. The molecular weight excluding hydrogens is 422 g/mol. The lowest BCUT2D eigenvalue weighted by atomic mass is 10.0. The summed E-state index contributed by atoms with van der Waals surface area (Å²) in [5, 5.41) is 0. The van der Waals surface area contributed by atoms with Crippen LogP contribution in [-0.2, 0) is 18.9 Å². The van der Waals surface area contributed by atoms with Crippen LogP contribution in [0.1, 0.15) is 22.3 Å². The van der Waals surface area contributed by atoms with E-state index in [1.165, 1.54) is 6.07 Å². The van der Waals surface area contributed by atoms with E-state index in [9.17, 15) is 31.1 Å². The van der Waals surface area contributed by atoms with Gasteiger partial charge in [0.1, 0.15) is 0 Å². The molecule has 0 aliphatic rings. The first-order valence-electron chi connectivity index (χ1n) is 8.87. The van der Waals surface area contributed by atoms with Gasteiger partial charge in [-0.15, -0.1) is 0 Å². The quantitative estimate of drug-likeness (QED) is 0.342. The van der Waals surface area contributed by atoms with E-state index in [-0.39, 0.29) is 17.8 Å². The molecule has 0 aliphatic carbocycles. The van der Waals surface area contributed by atoms with Gasteiger partial charge >= 0.3 is 12.4 Å². The normalized spacial score (nSPS) is 11.9. The molecule has 0 fully saturated rings. The van der Waals surface area contributed by atoms with Crippen molar-refractivity contribution in [2.75, 3.05) is 0 Å². The molecule has 0 saturated carbocycles. The van der Waals surface area contributed by atoms with E-state index < -0.39 is 34.7 Å². The van der Waals surface area contributed by atoms with Gasteiger partial charge in [-0.2, -0.15) is 26.3 Å². The summed E-state index contributed by atoms with van der Waals surface area (Å²) in [5.41, 5.74) is -3.28. The molecule has 1 aromatic heterocycles. The maximum atomic E-state index is 13.5. The smallest absolute Gasteiger partial charge is 0.313 e. The molecular formula is C22H14F6N2O. The van der Waals surface area contributed by atoms with Crippen LogP contribution in [0.15, 0.2) is 59.4 Å². The van der Waals surface area contributed by atoms with Gasteiger partial charge in [-0.25, -0.2) is 4.85 Å². The van der Waals surface area contributed by atoms with Crippen LogP contribution in [-0.4, -0.2) is 4.57 Å². The fourth-order valence-electron chi connectivity index (χ4n) is 3.14. The third-order valence-corrected chi connectivity index (χ3v) is 4.63. The highest BCUT2D eigenvalue weighted by Gasteiger charge is 2.36. The fourth-order valence-corrected chi connectivity index (χ4v) is 3.14. The molecule has 3 aromatic rings. The van der Waals surface area contributed by atoms with Crippen molar-refractivity contribution in [3.8, 4) is 11.3 Å². The Kier molecular flexibility index (Phi) is 5.68. The number of rotatable bonds is 3. The number of alkyl halides is 6. The van der Waals surface area contributed by atoms with Crippen molar-refractivity contribution >= 4 is 5.69 Å². The predicted molar refractivity (Wildman–Crippen MR) is 103 cm³/mol. The Morgan fingerprint density at radius 1 is 0.935 bits per heavy atom. The molecule has 0 bridgehead atoms. The Morgan fingerprint density at radius 2 is 1.58 bits per heavy atom. The van der Waals surface area contributed by atoms with Crippen molar-refractivity contribution < 1.29 is 26.3 Å². The van der Waals surface area contributed by atoms with Crippen LogP contribution in [0.3, 0.4) is 0 Å². The highest BCUT2D eigenvalue weighted by molar-refractivity contribution is 5.66. The van der Waals surface area contributed by atoms with Gasteiger partial charge in [0.2, 0.25) is 0 Å². The summed E-state index contributed by atoms with van der Waals surface area (Å²) < 4.78 is 79.9. The summed E-state index contributed by atoms with van der Waals surface area (Å²) in [6.07, 6.45) is -9.47. The zero-order valence-electron chi connectivity index (χ0n) is 16.0. The average Bonchev–Trinajstić information content (AvgIpc) is 2.68. The standard InChI is InChI=1S/C22H14F6N2O/c1-13-4-3-5-15(10-13)18-11-17(22(26,27)28)19(29-2)20(31)30(18)12-14-6-8-16(9-7-14)21(23,24)25/h3-11H,12H2,1H3. The minimum atomic E-state index is -4.93. The van der Waals surface area contributed by atoms with E-state index in [0.29, 0.717) is 5.56 Å². The summed E-state index contributed by atoms with van der Waals surface area (Å²) in [4.78, 5) is 15.6. The van der Waals surface area contributed by atoms with Gasteiger partial charge < -0.3 is 4.57 Å². The lowest BCUT2D eigenvalue weighted by Crippen LogP contribution is -2.25. The van der Waals surface area contributed by atoms with Crippen molar-refractivity contribution in [3.05, 3.63) is 98.6 Å². The van der Waals surface area contributed by atoms with Gasteiger partial charge in [0.05, 0.1) is 17.7 Å². The number of nitrogens with zero attached hydrogens (tertiary/aromatic N) is 2. The largest absolute Gasteiger partial charge is 0.416 e. The molecule has 0 radical (unpaired) electrons. The summed E-state index contributed by atoms with van der Waals surface area (Å²) in [5.74, 6) is 0. The van der Waals surface area contributed by atoms with E-state index in [2.05, 4.69) is 4.85 Å². The lowest BCUT2D eigenvalue weighted by molar-refractivity contribution is -0.138. The molecule has 0 atom stereocenters. The van der Waals surface area contributed by atoms with Crippen LogP contribution in [0.2, 0.25) is 0 Å². The molecule has 0 saturated heterocycles. The minimum absolute atomic E-state index is 0.0895. The van der Waals surface area contributed by atoms with Crippen molar-refractivity contribution in [2.24, 2.45) is 0 Å². The van der Waals surface area contributed by atoms with Crippen LogP contribution in [0.4, 0.5) is 32.0 Å². The molecule has 2 aromatic carbocycles. The van der Waals surface area contributed by atoms with E-state index in [1.807, 2.05) is 0 Å². The SMILES string of the molecule is [C-]#[N+]c1c(C(F)(F)F)cc(-c2cccc(C)c2)n(Cc2ccc(C(F)(F)F)cc2)c1=O. The Hall–Kier alpha value is -3.54. The maximum absolute atomic E-state index is 13.5. The highest BCUT2D eigenvalue weighted by Crippen LogP contribution is 2.37. The lowest BCUT2D eigenvalue weighted by Gasteiger charge is -2.18. The molecule has 0 spiro atoms. The van der Waals surface area contributed by atoms with Gasteiger partial charge in [-0.3, -0.25) is 4.79 Å². The topological polar surface area (TPSA) is 26.4 Å². The zero-order chi connectivity index (χ0) is 23.0. The van der Waals surface area contributed by atoms with Crippen LogP contribution in [0.25, 0.3) is 16.1 Å². The monoisotopic (exact) mass is 436 g/mol.